The molecule has 2 aromatic rings. The van der Waals surface area contributed by atoms with Crippen LogP contribution in [0.5, 0.6) is 0 Å². The van der Waals surface area contributed by atoms with Crippen molar-refractivity contribution in [2.75, 3.05) is 29.9 Å². The molecule has 0 saturated carbocycles. The van der Waals surface area contributed by atoms with Gasteiger partial charge >= 0.3 is 6.03 Å². The van der Waals surface area contributed by atoms with Crippen LogP contribution in [0.1, 0.15) is 19.4 Å². The first-order valence-corrected chi connectivity index (χ1v) is 8.92. The Bertz CT molecular complexity index is 744. The molecule has 0 aromatic heterocycles. The minimum absolute atomic E-state index is 0.146. The average molecular weight is 372 g/mol. The van der Waals surface area contributed by atoms with Crippen molar-refractivity contribution in [3.63, 3.8) is 0 Å². The van der Waals surface area contributed by atoms with Gasteiger partial charge in [0.05, 0.1) is 6.54 Å². The second-order valence-corrected chi connectivity index (χ2v) is 5.93. The van der Waals surface area contributed by atoms with E-state index in [1.165, 1.54) is 12.1 Å². The Labute approximate surface area is 158 Å². The van der Waals surface area contributed by atoms with Gasteiger partial charge in [0.1, 0.15) is 5.82 Å². The summed E-state index contributed by atoms with van der Waals surface area (Å²) in [4.78, 5) is 25.9. The lowest BCUT2D eigenvalue weighted by Crippen LogP contribution is -2.39. The Kier molecular flexibility index (Phi) is 7.61. The fraction of sp³-hybridized carbons (Fsp3) is 0.300. The number of carbonyl (C=O) groups is 2. The van der Waals surface area contributed by atoms with Crippen molar-refractivity contribution in [1.29, 1.82) is 0 Å². The molecular formula is C20H25FN4O2. The third-order valence-electron chi connectivity index (χ3n) is 4.06. The summed E-state index contributed by atoms with van der Waals surface area (Å²) in [6.45, 7) is 6.11. The van der Waals surface area contributed by atoms with Crippen LogP contribution in [0.3, 0.4) is 0 Å². The number of benzene rings is 2. The molecule has 2 aromatic carbocycles. The van der Waals surface area contributed by atoms with Crippen molar-refractivity contribution in [2.45, 2.75) is 20.4 Å². The number of halogens is 1. The Morgan fingerprint density at radius 1 is 0.926 bits per heavy atom. The van der Waals surface area contributed by atoms with Crippen LogP contribution in [0, 0.1) is 5.82 Å². The third-order valence-corrected chi connectivity index (χ3v) is 4.06. The molecule has 0 unspecified atom stereocenters. The predicted molar refractivity (Wildman–Crippen MR) is 105 cm³/mol. The topological polar surface area (TPSA) is 73.5 Å². The predicted octanol–water partition coefficient (Wildman–Crippen LogP) is 3.11. The minimum atomic E-state index is -0.466. The number of urea groups is 1. The number of nitrogens with one attached hydrogen (secondary N) is 3. The average Bonchev–Trinajstić information content (AvgIpc) is 2.68. The van der Waals surface area contributed by atoms with Gasteiger partial charge in [0.25, 0.3) is 0 Å². The monoisotopic (exact) mass is 372 g/mol. The molecule has 0 aliphatic heterocycles. The van der Waals surface area contributed by atoms with Gasteiger partial charge in [-0.25, -0.2) is 9.18 Å². The second-order valence-electron chi connectivity index (χ2n) is 5.93. The van der Waals surface area contributed by atoms with Gasteiger partial charge in [-0.3, -0.25) is 4.79 Å². The Balaban J connectivity index is 1.73. The van der Waals surface area contributed by atoms with Crippen molar-refractivity contribution < 1.29 is 14.0 Å². The molecular weight excluding hydrogens is 347 g/mol. The highest BCUT2D eigenvalue weighted by Crippen LogP contribution is 2.17. The van der Waals surface area contributed by atoms with E-state index in [-0.39, 0.29) is 24.8 Å². The number of amides is 3. The molecule has 0 aliphatic carbocycles. The molecule has 0 aliphatic rings. The third kappa shape index (κ3) is 6.62. The minimum Gasteiger partial charge on any atom is -0.372 e. The van der Waals surface area contributed by atoms with E-state index in [2.05, 4.69) is 34.7 Å². The molecule has 3 N–H and O–H groups in total. The fourth-order valence-electron chi connectivity index (χ4n) is 2.56. The smallest absolute Gasteiger partial charge is 0.315 e. The number of nitrogens with zero attached hydrogens (tertiary/aromatic N) is 1. The van der Waals surface area contributed by atoms with Crippen LogP contribution < -0.4 is 20.9 Å². The van der Waals surface area contributed by atoms with Crippen LogP contribution in [0.4, 0.5) is 20.6 Å². The molecule has 6 nitrogen and oxygen atoms in total. The lowest BCUT2D eigenvalue weighted by atomic mass is 10.2. The first-order chi connectivity index (χ1) is 13.0. The molecule has 7 heteroatoms. The van der Waals surface area contributed by atoms with Crippen molar-refractivity contribution >= 4 is 23.3 Å². The molecule has 0 atom stereocenters. The zero-order chi connectivity index (χ0) is 19.6. The molecule has 0 fully saturated rings. The summed E-state index contributed by atoms with van der Waals surface area (Å²) in [5.74, 6) is -0.646. The molecule has 27 heavy (non-hydrogen) atoms. The summed E-state index contributed by atoms with van der Waals surface area (Å²) in [6, 6.07) is 12.9. The Morgan fingerprint density at radius 3 is 2.15 bits per heavy atom. The fourth-order valence-corrected chi connectivity index (χ4v) is 2.56. The van der Waals surface area contributed by atoms with Gasteiger partial charge < -0.3 is 20.9 Å². The van der Waals surface area contributed by atoms with Crippen LogP contribution in [-0.2, 0) is 11.3 Å². The van der Waals surface area contributed by atoms with E-state index in [1.807, 2.05) is 24.3 Å². The number of carbonyl (C=O) groups excluding carboxylic acids is 2. The molecule has 0 heterocycles. The zero-order valence-corrected chi connectivity index (χ0v) is 15.6. The maximum absolute atomic E-state index is 12.8. The molecule has 0 saturated heterocycles. The lowest BCUT2D eigenvalue weighted by molar-refractivity contribution is -0.115. The van der Waals surface area contributed by atoms with Crippen LogP contribution in [0.2, 0.25) is 0 Å². The highest BCUT2D eigenvalue weighted by atomic mass is 19.1. The first-order valence-electron chi connectivity index (χ1n) is 8.92. The maximum atomic E-state index is 12.8. The van der Waals surface area contributed by atoms with E-state index in [9.17, 15) is 14.0 Å². The van der Waals surface area contributed by atoms with Gasteiger partial charge in [0.15, 0.2) is 0 Å². The van der Waals surface area contributed by atoms with Crippen molar-refractivity contribution in [3.05, 3.63) is 59.9 Å². The summed E-state index contributed by atoms with van der Waals surface area (Å²) >= 11 is 0. The van der Waals surface area contributed by atoms with E-state index in [0.717, 1.165) is 24.3 Å². The number of anilines is 2. The molecule has 0 bridgehead atoms. The largest absolute Gasteiger partial charge is 0.372 e. The molecule has 3 amide bonds. The summed E-state index contributed by atoms with van der Waals surface area (Å²) < 4.78 is 12.8. The van der Waals surface area contributed by atoms with Crippen molar-refractivity contribution in [2.24, 2.45) is 0 Å². The van der Waals surface area contributed by atoms with Crippen molar-refractivity contribution in [1.82, 2.24) is 10.6 Å². The standard InChI is InChI=1S/C20H25FN4O2/c1-3-25(4-2)18-11-9-17(10-12-18)24-19(26)14-23-20(27)22-13-15-5-7-16(21)8-6-15/h5-12H,3-4,13-14H2,1-2H3,(H,24,26)(H2,22,23,27). The maximum Gasteiger partial charge on any atom is 0.315 e. The van der Waals surface area contributed by atoms with Gasteiger partial charge in [-0.15, -0.1) is 0 Å². The molecule has 0 radical (unpaired) electrons. The van der Waals surface area contributed by atoms with E-state index >= 15 is 0 Å². The van der Waals surface area contributed by atoms with Gasteiger partial charge in [0, 0.05) is 31.0 Å². The summed E-state index contributed by atoms with van der Waals surface area (Å²) in [5.41, 5.74) is 2.53. The lowest BCUT2D eigenvalue weighted by Gasteiger charge is -2.21. The van der Waals surface area contributed by atoms with Gasteiger partial charge in [0.2, 0.25) is 5.91 Å². The Morgan fingerprint density at radius 2 is 1.56 bits per heavy atom. The molecule has 144 valence electrons. The van der Waals surface area contributed by atoms with Crippen LogP contribution in [0.25, 0.3) is 0 Å². The molecule has 2 rings (SSSR count). The highest BCUT2D eigenvalue weighted by molar-refractivity contribution is 5.94. The summed E-state index contributed by atoms with van der Waals surface area (Å²) in [6.07, 6.45) is 0. The Hall–Kier alpha value is -3.09. The quantitative estimate of drug-likeness (QED) is 0.667. The van der Waals surface area contributed by atoms with E-state index in [1.54, 1.807) is 12.1 Å². The van der Waals surface area contributed by atoms with Crippen LogP contribution >= 0.6 is 0 Å². The van der Waals surface area contributed by atoms with Gasteiger partial charge in [-0.05, 0) is 55.8 Å². The number of rotatable bonds is 8. The first kappa shape index (κ1) is 20.2. The zero-order valence-electron chi connectivity index (χ0n) is 15.6. The SMILES string of the molecule is CCN(CC)c1ccc(NC(=O)CNC(=O)NCc2ccc(F)cc2)cc1. The highest BCUT2D eigenvalue weighted by Gasteiger charge is 2.07. The van der Waals surface area contributed by atoms with E-state index < -0.39 is 6.03 Å². The van der Waals surface area contributed by atoms with Crippen molar-refractivity contribution in [3.8, 4) is 0 Å². The molecule has 0 spiro atoms. The van der Waals surface area contributed by atoms with E-state index in [0.29, 0.717) is 5.69 Å². The van der Waals surface area contributed by atoms with Gasteiger partial charge in [-0.1, -0.05) is 12.1 Å². The summed E-state index contributed by atoms with van der Waals surface area (Å²) in [5, 5.41) is 7.84. The number of hydrogen-bond acceptors (Lipinski definition) is 3. The summed E-state index contributed by atoms with van der Waals surface area (Å²) in [7, 11) is 0. The second kappa shape index (κ2) is 10.2. The normalized spacial score (nSPS) is 10.2. The van der Waals surface area contributed by atoms with Gasteiger partial charge in [-0.2, -0.15) is 0 Å². The van der Waals surface area contributed by atoms with E-state index in [4.69, 9.17) is 0 Å². The van der Waals surface area contributed by atoms with Crippen LogP contribution in [-0.4, -0.2) is 31.6 Å². The number of hydrogen-bond donors (Lipinski definition) is 3. The van der Waals surface area contributed by atoms with Crippen LogP contribution in [0.15, 0.2) is 48.5 Å².